The highest BCUT2D eigenvalue weighted by Gasteiger charge is 2.16. The summed E-state index contributed by atoms with van der Waals surface area (Å²) in [4.78, 5) is 27.8. The molecule has 9 nitrogen and oxygen atoms in total. The van der Waals surface area contributed by atoms with E-state index in [9.17, 15) is 14.7 Å². The zero-order chi connectivity index (χ0) is 24.7. The second kappa shape index (κ2) is 11.5. The Labute approximate surface area is 202 Å². The lowest BCUT2D eigenvalue weighted by atomic mass is 10.0. The molecule has 0 radical (unpaired) electrons. The van der Waals surface area contributed by atoms with Gasteiger partial charge in [-0.2, -0.15) is 5.10 Å². The van der Waals surface area contributed by atoms with E-state index in [2.05, 4.69) is 20.5 Å². The number of amides is 1. The molecule has 0 saturated carbocycles. The summed E-state index contributed by atoms with van der Waals surface area (Å²) in [6, 6.07) is 6.65. The van der Waals surface area contributed by atoms with Gasteiger partial charge in [0.15, 0.2) is 5.78 Å². The molecule has 3 N–H and O–H groups in total. The molecule has 0 aliphatic heterocycles. The summed E-state index contributed by atoms with van der Waals surface area (Å²) in [5.74, 6) is 0.434. The third-order valence-electron chi connectivity index (χ3n) is 5.08. The summed E-state index contributed by atoms with van der Waals surface area (Å²) in [7, 11) is 0. The third kappa shape index (κ3) is 6.05. The normalized spacial score (nSPS) is 10.7. The fourth-order valence-electron chi connectivity index (χ4n) is 3.35. The van der Waals surface area contributed by atoms with Crippen molar-refractivity contribution in [3.05, 3.63) is 58.1 Å². The summed E-state index contributed by atoms with van der Waals surface area (Å²) in [5, 5.41) is 19.8. The molecule has 1 heterocycles. The van der Waals surface area contributed by atoms with Crippen LogP contribution < -0.4 is 14.8 Å². The Balaban J connectivity index is 1.58. The molecule has 0 aliphatic rings. The number of aryl methyl sites for hydroxylation is 1. The number of anilines is 1. The van der Waals surface area contributed by atoms with Gasteiger partial charge in [0.1, 0.15) is 23.6 Å². The van der Waals surface area contributed by atoms with Crippen LogP contribution in [-0.2, 0) is 6.42 Å². The van der Waals surface area contributed by atoms with Crippen molar-refractivity contribution in [3.63, 3.8) is 0 Å². The SMILES string of the molecule is CCCc1c(OCCCOc2cc(NC(=O)c3ncn[nH]3)c(C)cc2Cl)ccc(C(C)=O)c1O. The molecule has 1 aromatic heterocycles. The third-order valence-corrected chi connectivity index (χ3v) is 5.38. The van der Waals surface area contributed by atoms with Gasteiger partial charge >= 0.3 is 0 Å². The summed E-state index contributed by atoms with van der Waals surface area (Å²) in [5.41, 5.74) is 2.23. The molecule has 0 atom stereocenters. The first-order valence-electron chi connectivity index (χ1n) is 10.9. The van der Waals surface area contributed by atoms with Gasteiger partial charge in [0.25, 0.3) is 5.91 Å². The van der Waals surface area contributed by atoms with Crippen molar-refractivity contribution >= 4 is 29.0 Å². The Morgan fingerprint density at radius 3 is 2.56 bits per heavy atom. The number of nitrogens with zero attached hydrogens (tertiary/aromatic N) is 2. The number of aromatic hydroxyl groups is 1. The average Bonchev–Trinajstić information content (AvgIpc) is 3.33. The molecular weight excluding hydrogens is 460 g/mol. The van der Waals surface area contributed by atoms with E-state index in [0.29, 0.717) is 59.4 Å². The molecule has 0 saturated heterocycles. The monoisotopic (exact) mass is 486 g/mol. The second-order valence-corrected chi connectivity index (χ2v) is 8.09. The number of phenols is 1. The predicted molar refractivity (Wildman–Crippen MR) is 128 cm³/mol. The summed E-state index contributed by atoms with van der Waals surface area (Å²) in [6.07, 6.45) is 3.20. The molecular formula is C24H27ClN4O5. The molecule has 180 valence electrons. The number of hydrogen-bond donors (Lipinski definition) is 3. The molecule has 0 fully saturated rings. The number of rotatable bonds is 11. The number of halogens is 1. The van der Waals surface area contributed by atoms with Crippen molar-refractivity contribution in [2.24, 2.45) is 0 Å². The highest BCUT2D eigenvalue weighted by Crippen LogP contribution is 2.33. The number of aromatic nitrogens is 3. The molecule has 10 heteroatoms. The number of hydrogen-bond acceptors (Lipinski definition) is 7. The minimum Gasteiger partial charge on any atom is -0.507 e. The number of Topliss-reactive ketones (excluding diaryl/α,β-unsaturated/α-hetero) is 1. The second-order valence-electron chi connectivity index (χ2n) is 7.68. The fraction of sp³-hybridized carbons (Fsp3) is 0.333. The van der Waals surface area contributed by atoms with E-state index in [1.165, 1.54) is 13.3 Å². The number of nitrogens with one attached hydrogen (secondary N) is 2. The lowest BCUT2D eigenvalue weighted by Gasteiger charge is -2.15. The smallest absolute Gasteiger partial charge is 0.292 e. The maximum absolute atomic E-state index is 12.2. The van der Waals surface area contributed by atoms with Crippen LogP contribution in [0.2, 0.25) is 5.02 Å². The van der Waals surface area contributed by atoms with Gasteiger partial charge in [0, 0.05) is 23.7 Å². The summed E-state index contributed by atoms with van der Waals surface area (Å²) < 4.78 is 11.7. The van der Waals surface area contributed by atoms with Crippen molar-refractivity contribution < 1.29 is 24.2 Å². The van der Waals surface area contributed by atoms with Gasteiger partial charge in [-0.25, -0.2) is 4.98 Å². The molecule has 34 heavy (non-hydrogen) atoms. The molecule has 0 unspecified atom stereocenters. The maximum atomic E-state index is 12.2. The van der Waals surface area contributed by atoms with Crippen LogP contribution in [0.25, 0.3) is 0 Å². The van der Waals surface area contributed by atoms with E-state index in [-0.39, 0.29) is 17.4 Å². The summed E-state index contributed by atoms with van der Waals surface area (Å²) in [6.45, 7) is 5.89. The Morgan fingerprint density at radius 2 is 1.91 bits per heavy atom. The fourth-order valence-corrected chi connectivity index (χ4v) is 3.62. The minimum absolute atomic E-state index is 0.0190. The van der Waals surface area contributed by atoms with Crippen LogP contribution in [0.1, 0.15) is 58.8 Å². The number of ketones is 1. The Hall–Kier alpha value is -3.59. The number of phenolic OH excluding ortho intramolecular Hbond substituents is 1. The average molecular weight is 487 g/mol. The largest absolute Gasteiger partial charge is 0.507 e. The number of carbonyl (C=O) groups excluding carboxylic acids is 2. The van der Waals surface area contributed by atoms with Crippen LogP contribution in [0.3, 0.4) is 0 Å². The van der Waals surface area contributed by atoms with E-state index < -0.39 is 5.91 Å². The summed E-state index contributed by atoms with van der Waals surface area (Å²) >= 11 is 6.31. The molecule has 3 aromatic rings. The van der Waals surface area contributed by atoms with Gasteiger partial charge in [0.05, 0.1) is 23.8 Å². The Morgan fingerprint density at radius 1 is 1.18 bits per heavy atom. The van der Waals surface area contributed by atoms with Crippen molar-refractivity contribution in [1.82, 2.24) is 15.2 Å². The minimum atomic E-state index is -0.427. The van der Waals surface area contributed by atoms with Gasteiger partial charge < -0.3 is 19.9 Å². The van der Waals surface area contributed by atoms with E-state index >= 15 is 0 Å². The number of carbonyl (C=O) groups is 2. The zero-order valence-electron chi connectivity index (χ0n) is 19.3. The van der Waals surface area contributed by atoms with Crippen LogP contribution in [0, 0.1) is 6.92 Å². The molecule has 1 amide bonds. The topological polar surface area (TPSA) is 126 Å². The maximum Gasteiger partial charge on any atom is 0.292 e. The molecule has 3 rings (SSSR count). The van der Waals surface area contributed by atoms with Gasteiger partial charge in [-0.1, -0.05) is 24.9 Å². The van der Waals surface area contributed by atoms with Gasteiger partial charge in [-0.3, -0.25) is 14.7 Å². The number of benzene rings is 2. The first kappa shape index (κ1) is 25.0. The lowest BCUT2D eigenvalue weighted by Crippen LogP contribution is -2.15. The number of aromatic amines is 1. The highest BCUT2D eigenvalue weighted by atomic mass is 35.5. The quantitative estimate of drug-likeness (QED) is 0.264. The van der Waals surface area contributed by atoms with Crippen LogP contribution >= 0.6 is 11.6 Å². The highest BCUT2D eigenvalue weighted by molar-refractivity contribution is 6.32. The van der Waals surface area contributed by atoms with Crippen molar-refractivity contribution in [2.75, 3.05) is 18.5 Å². The Bertz CT molecular complexity index is 1160. The van der Waals surface area contributed by atoms with E-state index in [4.69, 9.17) is 21.1 Å². The number of ether oxygens (including phenoxy) is 2. The van der Waals surface area contributed by atoms with Crippen LogP contribution in [-0.4, -0.2) is 45.2 Å². The van der Waals surface area contributed by atoms with Gasteiger partial charge in [0.2, 0.25) is 5.82 Å². The molecule has 2 aromatic carbocycles. The van der Waals surface area contributed by atoms with Crippen LogP contribution in [0.4, 0.5) is 5.69 Å². The number of H-pyrrole nitrogens is 1. The Kier molecular flexibility index (Phi) is 8.48. The van der Waals surface area contributed by atoms with Crippen molar-refractivity contribution in [2.45, 2.75) is 40.0 Å². The van der Waals surface area contributed by atoms with E-state index in [1.54, 1.807) is 24.3 Å². The van der Waals surface area contributed by atoms with Gasteiger partial charge in [-0.05, 0) is 44.0 Å². The van der Waals surface area contributed by atoms with Crippen LogP contribution in [0.5, 0.6) is 17.2 Å². The zero-order valence-corrected chi connectivity index (χ0v) is 20.0. The molecule has 0 aliphatic carbocycles. The van der Waals surface area contributed by atoms with Crippen LogP contribution in [0.15, 0.2) is 30.6 Å². The first-order valence-corrected chi connectivity index (χ1v) is 11.3. The van der Waals surface area contributed by atoms with Crippen molar-refractivity contribution in [1.29, 1.82) is 0 Å². The molecule has 0 spiro atoms. The predicted octanol–water partition coefficient (Wildman–Crippen LogP) is 4.73. The molecule has 0 bridgehead atoms. The van der Waals surface area contributed by atoms with E-state index in [0.717, 1.165) is 12.0 Å². The van der Waals surface area contributed by atoms with E-state index in [1.807, 2.05) is 13.8 Å². The standard InChI is InChI=1S/C24H27ClN4O5/c1-4-6-17-20(8-7-16(15(3)30)22(17)31)33-9-5-10-34-21-12-19(14(2)11-18(21)25)28-24(32)23-26-13-27-29-23/h7-8,11-13,31H,4-6,9-10H2,1-3H3,(H,28,32)(H,26,27,29). The van der Waals surface area contributed by atoms with Crippen molar-refractivity contribution in [3.8, 4) is 17.2 Å². The lowest BCUT2D eigenvalue weighted by molar-refractivity contribution is 0.100. The first-order chi connectivity index (χ1) is 16.3. The van der Waals surface area contributed by atoms with Gasteiger partial charge in [-0.15, -0.1) is 0 Å².